The van der Waals surface area contributed by atoms with Crippen molar-refractivity contribution in [3.05, 3.63) is 59.2 Å². The first kappa shape index (κ1) is 20.6. The molecule has 1 saturated heterocycles. The molecule has 4 rings (SSSR count). The van der Waals surface area contributed by atoms with Crippen LogP contribution in [0.25, 0.3) is 0 Å². The summed E-state index contributed by atoms with van der Waals surface area (Å²) in [5, 5.41) is 9.25. The number of benzene rings is 2. The van der Waals surface area contributed by atoms with E-state index in [-0.39, 0.29) is 17.7 Å². The fourth-order valence-electron chi connectivity index (χ4n) is 4.48. The first-order valence-corrected chi connectivity index (χ1v) is 9.96. The Morgan fingerprint density at radius 2 is 1.93 bits per heavy atom. The van der Waals surface area contributed by atoms with Gasteiger partial charge in [-0.3, -0.25) is 4.79 Å². The lowest BCUT2D eigenvalue weighted by molar-refractivity contribution is -0.144. The third kappa shape index (κ3) is 3.61. The van der Waals surface area contributed by atoms with Gasteiger partial charge in [-0.2, -0.15) is 13.2 Å². The van der Waals surface area contributed by atoms with E-state index < -0.39 is 29.2 Å². The molecule has 2 aliphatic rings. The summed E-state index contributed by atoms with van der Waals surface area (Å²) in [6.45, 7) is 6.09. The standard InChI is InChI=1S/C23H24F3NO3/c1-13-19(21(28)29)12-27(13)16-6-4-5-14(9-16)18-11-22(2,3)30-20-10-15(23(24,25)26)7-8-17(18)20/h4-10,13,18-19H,11-12H2,1-3H3,(H,28,29). The van der Waals surface area contributed by atoms with E-state index in [0.29, 0.717) is 13.0 Å². The van der Waals surface area contributed by atoms with E-state index in [4.69, 9.17) is 4.74 Å². The summed E-state index contributed by atoms with van der Waals surface area (Å²) in [4.78, 5) is 13.3. The van der Waals surface area contributed by atoms with E-state index in [1.807, 2.05) is 49.9 Å². The molecular formula is C23H24F3NO3. The molecule has 2 aliphatic heterocycles. The molecule has 1 fully saturated rings. The van der Waals surface area contributed by atoms with E-state index in [2.05, 4.69) is 0 Å². The molecule has 3 atom stereocenters. The highest BCUT2D eigenvalue weighted by molar-refractivity contribution is 5.75. The van der Waals surface area contributed by atoms with Crippen LogP contribution in [-0.4, -0.2) is 29.3 Å². The van der Waals surface area contributed by atoms with Crippen LogP contribution in [-0.2, 0) is 11.0 Å². The Bertz CT molecular complexity index is 986. The molecule has 4 nitrogen and oxygen atoms in total. The average Bonchev–Trinajstić information content (AvgIpc) is 2.64. The van der Waals surface area contributed by atoms with Crippen molar-refractivity contribution < 1.29 is 27.8 Å². The van der Waals surface area contributed by atoms with Crippen molar-refractivity contribution in [3.8, 4) is 5.75 Å². The number of hydrogen-bond acceptors (Lipinski definition) is 3. The summed E-state index contributed by atoms with van der Waals surface area (Å²) < 4.78 is 45.4. The number of nitrogens with zero attached hydrogens (tertiary/aromatic N) is 1. The molecule has 0 bridgehead atoms. The van der Waals surface area contributed by atoms with Crippen LogP contribution in [0.4, 0.5) is 18.9 Å². The normalized spacial score (nSPS) is 25.1. The van der Waals surface area contributed by atoms with E-state index in [1.165, 1.54) is 6.07 Å². The Kier molecular flexibility index (Phi) is 4.75. The van der Waals surface area contributed by atoms with Crippen molar-refractivity contribution in [2.24, 2.45) is 5.92 Å². The topological polar surface area (TPSA) is 49.8 Å². The molecule has 30 heavy (non-hydrogen) atoms. The molecule has 0 spiro atoms. The number of carbonyl (C=O) groups is 1. The van der Waals surface area contributed by atoms with Gasteiger partial charge in [0.2, 0.25) is 0 Å². The number of anilines is 1. The number of hydrogen-bond donors (Lipinski definition) is 1. The number of carboxylic acid groups (broad SMARTS) is 1. The van der Waals surface area contributed by atoms with Crippen LogP contribution in [0.1, 0.15) is 49.8 Å². The molecule has 1 N–H and O–H groups in total. The number of alkyl halides is 3. The molecule has 2 aromatic rings. The highest BCUT2D eigenvalue weighted by Crippen LogP contribution is 2.47. The molecule has 3 unspecified atom stereocenters. The van der Waals surface area contributed by atoms with Crippen LogP contribution in [0, 0.1) is 5.92 Å². The summed E-state index contributed by atoms with van der Waals surface area (Å²) in [7, 11) is 0. The lowest BCUT2D eigenvalue weighted by Gasteiger charge is -2.46. The van der Waals surface area contributed by atoms with Gasteiger partial charge in [0.15, 0.2) is 0 Å². The smallest absolute Gasteiger partial charge is 0.416 e. The second-order valence-corrected chi connectivity index (χ2v) is 8.80. The van der Waals surface area contributed by atoms with Gasteiger partial charge in [0.25, 0.3) is 0 Å². The number of ether oxygens (including phenoxy) is 1. The Balaban J connectivity index is 1.69. The van der Waals surface area contributed by atoms with Crippen molar-refractivity contribution in [2.45, 2.75) is 50.9 Å². The van der Waals surface area contributed by atoms with Crippen molar-refractivity contribution in [3.63, 3.8) is 0 Å². The van der Waals surface area contributed by atoms with Crippen LogP contribution in [0.3, 0.4) is 0 Å². The SMILES string of the molecule is CC1C(C(=O)O)CN1c1cccc(C2CC(C)(C)Oc3cc(C(F)(F)F)ccc32)c1. The molecule has 2 aromatic carbocycles. The van der Waals surface area contributed by atoms with Crippen molar-refractivity contribution in [1.29, 1.82) is 0 Å². The Labute approximate surface area is 173 Å². The maximum absolute atomic E-state index is 13.2. The fraction of sp³-hybridized carbons (Fsp3) is 0.435. The van der Waals surface area contributed by atoms with Gasteiger partial charge in [0.05, 0.1) is 11.5 Å². The molecule has 160 valence electrons. The lowest BCUT2D eigenvalue weighted by Crippen LogP contribution is -2.57. The average molecular weight is 419 g/mol. The second-order valence-electron chi connectivity index (χ2n) is 8.80. The maximum Gasteiger partial charge on any atom is 0.416 e. The van der Waals surface area contributed by atoms with Crippen LogP contribution in [0.2, 0.25) is 0 Å². The van der Waals surface area contributed by atoms with Crippen molar-refractivity contribution >= 4 is 11.7 Å². The van der Waals surface area contributed by atoms with Gasteiger partial charge in [0.1, 0.15) is 11.4 Å². The van der Waals surface area contributed by atoms with Gasteiger partial charge in [-0.05, 0) is 57.0 Å². The predicted octanol–water partition coefficient (Wildman–Crippen LogP) is 5.31. The number of carboxylic acids is 1. The molecule has 0 radical (unpaired) electrons. The fourth-order valence-corrected chi connectivity index (χ4v) is 4.48. The quantitative estimate of drug-likeness (QED) is 0.733. The van der Waals surface area contributed by atoms with Gasteiger partial charge < -0.3 is 14.7 Å². The third-order valence-electron chi connectivity index (χ3n) is 6.19. The van der Waals surface area contributed by atoms with Gasteiger partial charge >= 0.3 is 12.1 Å². The van der Waals surface area contributed by atoms with Crippen molar-refractivity contribution in [2.75, 3.05) is 11.4 Å². The largest absolute Gasteiger partial charge is 0.488 e. The summed E-state index contributed by atoms with van der Waals surface area (Å²) in [5.41, 5.74) is 1.31. The molecule has 0 saturated carbocycles. The molecular weight excluding hydrogens is 395 g/mol. The summed E-state index contributed by atoms with van der Waals surface area (Å²) in [6, 6.07) is 11.4. The Morgan fingerprint density at radius 3 is 2.57 bits per heavy atom. The second kappa shape index (κ2) is 6.93. The predicted molar refractivity (Wildman–Crippen MR) is 107 cm³/mol. The van der Waals surface area contributed by atoms with E-state index in [0.717, 1.165) is 28.9 Å². The molecule has 0 aliphatic carbocycles. The number of aliphatic carboxylic acids is 1. The van der Waals surface area contributed by atoms with Crippen LogP contribution >= 0.6 is 0 Å². The molecule has 7 heteroatoms. The van der Waals surface area contributed by atoms with Crippen LogP contribution in [0.15, 0.2) is 42.5 Å². The van der Waals surface area contributed by atoms with Crippen LogP contribution in [0.5, 0.6) is 5.75 Å². The summed E-state index contributed by atoms with van der Waals surface area (Å²) >= 11 is 0. The van der Waals surface area contributed by atoms with Gasteiger partial charge in [0, 0.05) is 29.8 Å². The first-order chi connectivity index (χ1) is 14.0. The highest BCUT2D eigenvalue weighted by Gasteiger charge is 2.41. The lowest BCUT2D eigenvalue weighted by atomic mass is 9.79. The van der Waals surface area contributed by atoms with E-state index >= 15 is 0 Å². The summed E-state index contributed by atoms with van der Waals surface area (Å²) in [6.07, 6.45) is -3.80. The minimum atomic E-state index is -4.43. The Morgan fingerprint density at radius 1 is 1.20 bits per heavy atom. The van der Waals surface area contributed by atoms with Crippen LogP contribution < -0.4 is 9.64 Å². The van der Waals surface area contributed by atoms with Crippen molar-refractivity contribution in [1.82, 2.24) is 0 Å². The van der Waals surface area contributed by atoms with Gasteiger partial charge in [-0.1, -0.05) is 18.2 Å². The minimum absolute atomic E-state index is 0.106. The first-order valence-electron chi connectivity index (χ1n) is 9.96. The molecule has 0 amide bonds. The number of rotatable bonds is 3. The zero-order chi connectivity index (χ0) is 21.8. The summed E-state index contributed by atoms with van der Waals surface area (Å²) in [5.74, 6) is -1.04. The monoisotopic (exact) mass is 419 g/mol. The van der Waals surface area contributed by atoms with Gasteiger partial charge in [-0.25, -0.2) is 0 Å². The highest BCUT2D eigenvalue weighted by atomic mass is 19.4. The number of halogens is 3. The zero-order valence-corrected chi connectivity index (χ0v) is 17.0. The molecule has 0 aromatic heterocycles. The molecule has 2 heterocycles. The third-order valence-corrected chi connectivity index (χ3v) is 6.19. The minimum Gasteiger partial charge on any atom is -0.488 e. The van der Waals surface area contributed by atoms with E-state index in [9.17, 15) is 23.1 Å². The van der Waals surface area contributed by atoms with E-state index in [1.54, 1.807) is 0 Å². The Hall–Kier alpha value is -2.70. The number of fused-ring (bicyclic) bond motifs is 1. The maximum atomic E-state index is 13.2. The van der Waals surface area contributed by atoms with Gasteiger partial charge in [-0.15, -0.1) is 0 Å². The zero-order valence-electron chi connectivity index (χ0n) is 17.0.